The predicted molar refractivity (Wildman–Crippen MR) is 162 cm³/mol. The molecule has 0 bridgehead atoms. The first-order valence-electron chi connectivity index (χ1n) is 15.0. The molecule has 1 saturated heterocycles. The fraction of sp³-hybridized carbons (Fsp3) is 0.667. The number of halogens is 7. The summed E-state index contributed by atoms with van der Waals surface area (Å²) >= 11 is 6.04. The number of alkyl halides is 6. The van der Waals surface area contributed by atoms with Crippen molar-refractivity contribution in [2.75, 3.05) is 40.3 Å². The quantitative estimate of drug-likeness (QED) is 0.299. The van der Waals surface area contributed by atoms with E-state index in [0.717, 1.165) is 31.5 Å². The van der Waals surface area contributed by atoms with Gasteiger partial charge in [-0.1, -0.05) is 56.8 Å². The third kappa shape index (κ3) is 15.1. The molecular weight excluding hydrogens is 662 g/mol. The van der Waals surface area contributed by atoms with Gasteiger partial charge in [0.25, 0.3) is 0 Å². The predicted octanol–water partition coefficient (Wildman–Crippen LogP) is 4.70. The monoisotopic (exact) mass is 704 g/mol. The Hall–Kier alpha value is -3.11. The number of benzene rings is 1. The molecule has 1 atom stereocenters. The number of aliphatic carboxylic acids is 2. The van der Waals surface area contributed by atoms with E-state index in [9.17, 15) is 35.9 Å². The number of amides is 2. The molecule has 0 spiro atoms. The molecule has 0 radical (unpaired) electrons. The van der Waals surface area contributed by atoms with Gasteiger partial charge in [-0.3, -0.25) is 9.59 Å². The van der Waals surface area contributed by atoms with Gasteiger partial charge in [-0.05, 0) is 51.1 Å². The number of nitrogens with zero attached hydrogens (tertiary/aromatic N) is 3. The fourth-order valence-corrected chi connectivity index (χ4v) is 5.04. The van der Waals surface area contributed by atoms with Crippen molar-refractivity contribution in [1.29, 1.82) is 0 Å². The Balaban J connectivity index is 0.000000658. The maximum atomic E-state index is 13.4. The Morgan fingerprint density at radius 1 is 0.894 bits per heavy atom. The maximum Gasteiger partial charge on any atom is 0.490 e. The van der Waals surface area contributed by atoms with Crippen LogP contribution in [-0.4, -0.2) is 119 Å². The number of hydrogen-bond donors (Lipinski definition) is 3. The van der Waals surface area contributed by atoms with Crippen LogP contribution in [-0.2, 0) is 25.6 Å². The number of hydrogen-bond acceptors (Lipinski definition) is 6. The fourth-order valence-electron chi connectivity index (χ4n) is 4.91. The first-order valence-corrected chi connectivity index (χ1v) is 15.4. The van der Waals surface area contributed by atoms with E-state index in [4.69, 9.17) is 31.4 Å². The van der Waals surface area contributed by atoms with Crippen LogP contribution in [0.15, 0.2) is 24.3 Å². The zero-order valence-electron chi connectivity index (χ0n) is 26.7. The summed E-state index contributed by atoms with van der Waals surface area (Å²) in [5.41, 5.74) is 1.09. The standard InChI is InChI=1S/C26H41ClN4O2.2C2HF3O2/c1-19(2)25(32)31(22-8-6-5-7-9-22)23-17-30(18-23)26(33)24(28-14-15-29(3)4)16-20-10-12-21(27)13-11-20;2*3-2(4,5)1(6)7/h10-13,19,22-24,28H,5-9,14-18H2,1-4H3;2*(H,6,7). The Morgan fingerprint density at radius 2 is 1.36 bits per heavy atom. The highest BCUT2D eigenvalue weighted by molar-refractivity contribution is 6.30. The van der Waals surface area contributed by atoms with Crippen molar-refractivity contribution in [3.63, 3.8) is 0 Å². The summed E-state index contributed by atoms with van der Waals surface area (Å²) in [5, 5.41) is 18.4. The number of carboxylic acids is 2. The van der Waals surface area contributed by atoms with E-state index in [0.29, 0.717) is 30.6 Å². The normalized spacial score (nSPS) is 16.3. The Labute approximate surface area is 275 Å². The zero-order valence-corrected chi connectivity index (χ0v) is 27.5. The van der Waals surface area contributed by atoms with Crippen LogP contribution in [0.5, 0.6) is 0 Å². The topological polar surface area (TPSA) is 130 Å². The molecule has 2 fully saturated rings. The van der Waals surface area contributed by atoms with Gasteiger partial charge in [0.15, 0.2) is 0 Å². The summed E-state index contributed by atoms with van der Waals surface area (Å²) in [4.78, 5) is 50.5. The summed E-state index contributed by atoms with van der Waals surface area (Å²) in [7, 11) is 4.06. The van der Waals surface area contributed by atoms with Gasteiger partial charge in [-0.15, -0.1) is 0 Å². The van der Waals surface area contributed by atoms with Crippen LogP contribution in [0.1, 0.15) is 51.5 Å². The molecule has 1 aromatic carbocycles. The summed E-state index contributed by atoms with van der Waals surface area (Å²) in [6.45, 7) is 6.85. The number of likely N-dealkylation sites (tertiary alicyclic amines) is 1. The highest BCUT2D eigenvalue weighted by Crippen LogP contribution is 2.29. The molecule has 47 heavy (non-hydrogen) atoms. The number of carboxylic acid groups (broad SMARTS) is 2. The Bertz CT molecular complexity index is 1130. The second kappa shape index (κ2) is 19.0. The number of carbonyl (C=O) groups excluding carboxylic acids is 2. The van der Waals surface area contributed by atoms with Crippen LogP contribution < -0.4 is 5.32 Å². The van der Waals surface area contributed by atoms with Gasteiger partial charge in [0, 0.05) is 43.2 Å². The largest absolute Gasteiger partial charge is 0.490 e. The van der Waals surface area contributed by atoms with Crippen molar-refractivity contribution >= 4 is 35.4 Å². The summed E-state index contributed by atoms with van der Waals surface area (Å²) in [6.07, 6.45) is -3.70. The third-order valence-electron chi connectivity index (χ3n) is 7.37. The molecule has 1 heterocycles. The lowest BCUT2D eigenvalue weighted by molar-refractivity contribution is -0.193. The number of rotatable bonds is 10. The van der Waals surface area contributed by atoms with Crippen LogP contribution in [0.4, 0.5) is 26.3 Å². The minimum absolute atomic E-state index is 0.0120. The van der Waals surface area contributed by atoms with Crippen LogP contribution in [0, 0.1) is 5.92 Å². The first-order chi connectivity index (χ1) is 21.6. The SMILES string of the molecule is CC(C)C(=O)N(C1CCCCC1)C1CN(C(=O)C(Cc2ccc(Cl)cc2)NCCN(C)C)C1.O=C(O)C(F)(F)F.O=C(O)C(F)(F)F. The van der Waals surface area contributed by atoms with Gasteiger partial charge < -0.3 is 30.2 Å². The Morgan fingerprint density at radius 3 is 1.77 bits per heavy atom. The minimum Gasteiger partial charge on any atom is -0.475 e. The molecule has 1 aromatic rings. The lowest BCUT2D eigenvalue weighted by atomic mass is 9.90. The lowest BCUT2D eigenvalue weighted by Crippen LogP contribution is -2.67. The van der Waals surface area contributed by atoms with E-state index in [1.54, 1.807) is 0 Å². The molecule has 1 aliphatic heterocycles. The van der Waals surface area contributed by atoms with Crippen LogP contribution in [0.25, 0.3) is 0 Å². The third-order valence-corrected chi connectivity index (χ3v) is 7.62. The number of nitrogens with one attached hydrogen (secondary N) is 1. The van der Waals surface area contributed by atoms with Crippen LogP contribution in [0.3, 0.4) is 0 Å². The average molecular weight is 705 g/mol. The molecule has 1 unspecified atom stereocenters. The van der Waals surface area contributed by atoms with Crippen LogP contribution >= 0.6 is 11.6 Å². The van der Waals surface area contributed by atoms with Crippen molar-refractivity contribution in [3.8, 4) is 0 Å². The lowest BCUT2D eigenvalue weighted by Gasteiger charge is -2.50. The van der Waals surface area contributed by atoms with Crippen molar-refractivity contribution in [2.24, 2.45) is 5.92 Å². The van der Waals surface area contributed by atoms with Crippen molar-refractivity contribution in [1.82, 2.24) is 20.0 Å². The molecule has 3 N–H and O–H groups in total. The number of likely N-dealkylation sites (N-methyl/N-ethyl adjacent to an activating group) is 1. The average Bonchev–Trinajstić information content (AvgIpc) is 2.94. The number of carbonyl (C=O) groups is 4. The summed E-state index contributed by atoms with van der Waals surface area (Å²) in [5.74, 6) is -5.16. The summed E-state index contributed by atoms with van der Waals surface area (Å²) in [6, 6.07) is 7.91. The summed E-state index contributed by atoms with van der Waals surface area (Å²) < 4.78 is 63.5. The maximum absolute atomic E-state index is 13.4. The second-order valence-electron chi connectivity index (χ2n) is 11.8. The van der Waals surface area contributed by atoms with Gasteiger partial charge in [0.05, 0.1) is 12.1 Å². The van der Waals surface area contributed by atoms with E-state index < -0.39 is 24.3 Å². The smallest absolute Gasteiger partial charge is 0.475 e. The molecular formula is C30H43ClF6N4O6. The van der Waals surface area contributed by atoms with E-state index in [1.807, 2.05) is 57.1 Å². The van der Waals surface area contributed by atoms with Gasteiger partial charge >= 0.3 is 24.3 Å². The molecule has 0 aromatic heterocycles. The molecule has 2 amide bonds. The van der Waals surface area contributed by atoms with E-state index in [-0.39, 0.29) is 29.8 Å². The van der Waals surface area contributed by atoms with Gasteiger partial charge in [-0.25, -0.2) is 9.59 Å². The van der Waals surface area contributed by atoms with Gasteiger partial charge in [0.1, 0.15) is 0 Å². The molecule has 1 aliphatic carbocycles. The van der Waals surface area contributed by atoms with Gasteiger partial charge in [-0.2, -0.15) is 26.3 Å². The van der Waals surface area contributed by atoms with Crippen molar-refractivity contribution < 1.29 is 55.7 Å². The Kier molecular flexibility index (Phi) is 17.0. The zero-order chi connectivity index (χ0) is 36.1. The minimum atomic E-state index is -5.08. The second-order valence-corrected chi connectivity index (χ2v) is 12.3. The van der Waals surface area contributed by atoms with Gasteiger partial charge in [0.2, 0.25) is 11.8 Å². The van der Waals surface area contributed by atoms with Crippen LogP contribution in [0.2, 0.25) is 5.02 Å². The molecule has 17 heteroatoms. The van der Waals surface area contributed by atoms with Crippen molar-refractivity contribution in [3.05, 3.63) is 34.9 Å². The molecule has 268 valence electrons. The van der Waals surface area contributed by atoms with E-state index in [1.165, 1.54) is 19.3 Å². The molecule has 3 rings (SSSR count). The highest BCUT2D eigenvalue weighted by Gasteiger charge is 2.42. The van der Waals surface area contributed by atoms with E-state index >= 15 is 0 Å². The highest BCUT2D eigenvalue weighted by atomic mass is 35.5. The molecule has 2 aliphatic rings. The molecule has 1 saturated carbocycles. The first kappa shape index (κ1) is 41.9. The van der Waals surface area contributed by atoms with Crippen molar-refractivity contribution in [2.45, 2.75) is 82.9 Å². The molecule has 10 nitrogen and oxygen atoms in total. The van der Waals surface area contributed by atoms with E-state index in [2.05, 4.69) is 15.1 Å².